The number of carbonyl (C=O) groups is 3. The lowest BCUT2D eigenvalue weighted by Gasteiger charge is -2.28. The number of alkyl carbamates (subject to hydrolysis) is 1. The number of Topliss-reactive ketones (excluding diaryl/α,β-unsaturated/α-hetero) is 1. The molecule has 1 N–H and O–H groups in total. The van der Waals surface area contributed by atoms with E-state index in [9.17, 15) is 32.9 Å². The van der Waals surface area contributed by atoms with Gasteiger partial charge < -0.3 is 14.8 Å². The van der Waals surface area contributed by atoms with Gasteiger partial charge >= 0.3 is 12.1 Å². The van der Waals surface area contributed by atoms with Gasteiger partial charge in [-0.2, -0.15) is 0 Å². The Morgan fingerprint density at radius 1 is 0.936 bits per heavy atom. The first-order valence-electron chi connectivity index (χ1n) is 14.8. The maximum Gasteiger partial charge on any atom is 0.407 e. The van der Waals surface area contributed by atoms with Crippen molar-refractivity contribution in [1.29, 1.82) is 0 Å². The number of ether oxygens (including phenoxy) is 2. The number of rotatable bonds is 17. The number of alkyl halides is 2. The minimum atomic E-state index is -4.32. The molecule has 0 radical (unpaired) electrons. The van der Waals surface area contributed by atoms with Gasteiger partial charge in [-0.15, -0.1) is 0 Å². The fourth-order valence-corrected chi connectivity index (χ4v) is 6.71. The Bertz CT molecular complexity index is 1580. The van der Waals surface area contributed by atoms with Crippen molar-refractivity contribution in [3.05, 3.63) is 106 Å². The lowest BCUT2D eigenvalue weighted by atomic mass is 9.82. The highest BCUT2D eigenvalue weighted by Crippen LogP contribution is 2.33. The van der Waals surface area contributed by atoms with Crippen LogP contribution in [0.3, 0.4) is 0 Å². The summed E-state index contributed by atoms with van der Waals surface area (Å²) in [5, 5.41) is 13.5. The number of nitro benzene ring substituents is 1. The number of sulfone groups is 1. The molecule has 252 valence electrons. The van der Waals surface area contributed by atoms with E-state index in [0.717, 1.165) is 31.4 Å². The van der Waals surface area contributed by atoms with Crippen LogP contribution in [0, 0.1) is 16.0 Å². The van der Waals surface area contributed by atoms with Gasteiger partial charge in [0.05, 0.1) is 35.2 Å². The molecule has 14 heteroatoms. The van der Waals surface area contributed by atoms with Crippen molar-refractivity contribution in [2.45, 2.75) is 55.4 Å². The fourth-order valence-electron chi connectivity index (χ4n) is 5.18. The van der Waals surface area contributed by atoms with Gasteiger partial charge in [0.15, 0.2) is 15.6 Å². The molecule has 3 aromatic rings. The van der Waals surface area contributed by atoms with E-state index in [1.54, 1.807) is 60.7 Å². The maximum atomic E-state index is 15.3. The van der Waals surface area contributed by atoms with Gasteiger partial charge in [-0.25, -0.2) is 22.0 Å². The highest BCUT2D eigenvalue weighted by Gasteiger charge is 2.39. The van der Waals surface area contributed by atoms with E-state index in [1.165, 1.54) is 6.92 Å². The Morgan fingerprint density at radius 2 is 1.49 bits per heavy atom. The van der Waals surface area contributed by atoms with Gasteiger partial charge in [-0.1, -0.05) is 60.7 Å². The van der Waals surface area contributed by atoms with Crippen LogP contribution in [-0.4, -0.2) is 62.6 Å². The van der Waals surface area contributed by atoms with E-state index < -0.39 is 75.0 Å². The molecule has 0 aliphatic carbocycles. The number of nitro groups is 1. The third-order valence-corrected chi connectivity index (χ3v) is 9.25. The zero-order valence-electron chi connectivity index (χ0n) is 25.8. The first kappa shape index (κ1) is 36.7. The average Bonchev–Trinajstić information content (AvgIpc) is 3.04. The number of halogens is 2. The Kier molecular flexibility index (Phi) is 13.1. The number of nitrogens with one attached hydrogen (secondary N) is 1. The van der Waals surface area contributed by atoms with Gasteiger partial charge in [0.1, 0.15) is 6.04 Å². The molecule has 0 unspecified atom stereocenters. The summed E-state index contributed by atoms with van der Waals surface area (Å²) < 4.78 is 66.3. The summed E-state index contributed by atoms with van der Waals surface area (Å²) in [4.78, 5) is 48.3. The molecular formula is C33H36F2N2O9S. The van der Waals surface area contributed by atoms with Crippen molar-refractivity contribution in [2.75, 3.05) is 19.5 Å². The molecule has 0 aliphatic rings. The van der Waals surface area contributed by atoms with Crippen LogP contribution in [0.15, 0.2) is 89.8 Å². The Morgan fingerprint density at radius 3 is 1.98 bits per heavy atom. The second kappa shape index (κ2) is 16.7. The summed E-state index contributed by atoms with van der Waals surface area (Å²) in [5.41, 5.74) is 1.03. The summed E-state index contributed by atoms with van der Waals surface area (Å²) in [6.45, 7) is 1.27. The highest BCUT2D eigenvalue weighted by molar-refractivity contribution is 7.91. The molecule has 0 heterocycles. The van der Waals surface area contributed by atoms with Crippen LogP contribution in [0.4, 0.5) is 19.3 Å². The summed E-state index contributed by atoms with van der Waals surface area (Å²) >= 11 is 0. The van der Waals surface area contributed by atoms with Crippen LogP contribution < -0.4 is 5.32 Å². The van der Waals surface area contributed by atoms with E-state index in [0.29, 0.717) is 11.1 Å². The van der Waals surface area contributed by atoms with Crippen LogP contribution in [0.1, 0.15) is 49.7 Å². The van der Waals surface area contributed by atoms with Crippen molar-refractivity contribution < 1.29 is 46.0 Å². The normalized spacial score (nSPS) is 13.0. The number of ketones is 1. The van der Waals surface area contributed by atoms with Gasteiger partial charge in [-0.05, 0) is 36.6 Å². The number of non-ortho nitro benzene ring substituents is 1. The van der Waals surface area contributed by atoms with E-state index in [1.807, 2.05) is 0 Å². The summed E-state index contributed by atoms with van der Waals surface area (Å²) in [6, 6.07) is 20.5. The number of carbonyl (C=O) groups excluding carboxylic acids is 3. The van der Waals surface area contributed by atoms with E-state index >= 15 is 8.78 Å². The molecule has 0 bridgehead atoms. The molecule has 0 fully saturated rings. The van der Waals surface area contributed by atoms with Crippen LogP contribution in [0.2, 0.25) is 0 Å². The summed E-state index contributed by atoms with van der Waals surface area (Å²) in [6.07, 6.45) is -3.62. The van der Waals surface area contributed by atoms with Crippen molar-refractivity contribution in [3.8, 4) is 0 Å². The Labute approximate surface area is 271 Å². The molecule has 11 nitrogen and oxygen atoms in total. The minimum Gasteiger partial charge on any atom is -0.466 e. The molecule has 47 heavy (non-hydrogen) atoms. The molecule has 0 aliphatic heterocycles. The molecule has 3 rings (SSSR count). The standard InChI is InChI=1S/C33H36F2N2O9S/c1-3-46-31(39)25(22-47(43,44)27-18-16-26(17-19-27)37(41)42)21-33(34,35)20-10-15-28(38)30(36-32(40)45-2)29(23-11-6-4-7-12-23)24-13-8-5-9-14-24/h4-9,11-14,16-19,25,29-30H,3,10,15,20-22H2,1-2H3,(H,36,40)/t25-,30-/m1/s1. The second-order valence-corrected chi connectivity index (χ2v) is 12.8. The SMILES string of the molecule is CCOC(=O)[C@H](CC(F)(F)CCCC(=O)[C@@H](NC(=O)OC)C(c1ccccc1)c1ccccc1)CS(=O)(=O)c1ccc([N+](=O)[O-])cc1. The molecule has 0 saturated carbocycles. The molecule has 0 spiro atoms. The third kappa shape index (κ3) is 10.7. The van der Waals surface area contributed by atoms with E-state index in [2.05, 4.69) is 5.32 Å². The zero-order valence-corrected chi connectivity index (χ0v) is 26.7. The van der Waals surface area contributed by atoms with Crippen molar-refractivity contribution in [2.24, 2.45) is 5.92 Å². The molecule has 1 amide bonds. The van der Waals surface area contributed by atoms with Gasteiger partial charge in [0.2, 0.25) is 5.92 Å². The molecule has 0 aromatic heterocycles. The lowest BCUT2D eigenvalue weighted by Crippen LogP contribution is -2.45. The number of hydrogen-bond donors (Lipinski definition) is 1. The van der Waals surface area contributed by atoms with Crippen LogP contribution in [0.25, 0.3) is 0 Å². The summed E-state index contributed by atoms with van der Waals surface area (Å²) in [7, 11) is -3.18. The topological polar surface area (TPSA) is 159 Å². The first-order chi connectivity index (χ1) is 22.3. The van der Waals surface area contributed by atoms with Crippen molar-refractivity contribution >= 4 is 33.4 Å². The highest BCUT2D eigenvalue weighted by atomic mass is 32.2. The van der Waals surface area contributed by atoms with Crippen molar-refractivity contribution in [3.63, 3.8) is 0 Å². The molecule has 3 aromatic carbocycles. The van der Waals surface area contributed by atoms with Gasteiger partial charge in [0, 0.05) is 37.3 Å². The Balaban J connectivity index is 1.77. The molecular weight excluding hydrogens is 638 g/mol. The zero-order chi connectivity index (χ0) is 34.6. The number of amides is 1. The predicted molar refractivity (Wildman–Crippen MR) is 168 cm³/mol. The van der Waals surface area contributed by atoms with Gasteiger partial charge in [0.25, 0.3) is 5.69 Å². The number of esters is 1. The average molecular weight is 675 g/mol. The summed E-state index contributed by atoms with van der Waals surface area (Å²) in [5.74, 6) is -8.68. The monoisotopic (exact) mass is 674 g/mol. The van der Waals surface area contributed by atoms with Crippen LogP contribution in [0.5, 0.6) is 0 Å². The first-order valence-corrected chi connectivity index (χ1v) is 16.4. The van der Waals surface area contributed by atoms with E-state index in [4.69, 9.17) is 9.47 Å². The fraction of sp³-hybridized carbons (Fsp3) is 0.364. The minimum absolute atomic E-state index is 0.175. The smallest absolute Gasteiger partial charge is 0.407 e. The second-order valence-electron chi connectivity index (χ2n) is 10.8. The number of benzene rings is 3. The molecule has 2 atom stereocenters. The van der Waals surface area contributed by atoms with Crippen LogP contribution >= 0.6 is 0 Å². The predicted octanol–water partition coefficient (Wildman–Crippen LogP) is 5.87. The third-order valence-electron chi connectivity index (χ3n) is 7.41. The van der Waals surface area contributed by atoms with Gasteiger partial charge in [-0.3, -0.25) is 19.7 Å². The largest absolute Gasteiger partial charge is 0.466 e. The van der Waals surface area contributed by atoms with Crippen molar-refractivity contribution in [1.82, 2.24) is 5.32 Å². The number of hydrogen-bond acceptors (Lipinski definition) is 9. The maximum absolute atomic E-state index is 15.3. The number of methoxy groups -OCH3 is 1. The molecule has 0 saturated heterocycles. The quantitative estimate of drug-likeness (QED) is 0.105. The Hall–Kier alpha value is -4.72. The van der Waals surface area contributed by atoms with Crippen LogP contribution in [-0.2, 0) is 28.9 Å². The lowest BCUT2D eigenvalue weighted by molar-refractivity contribution is -0.384. The number of nitrogens with zero attached hydrogens (tertiary/aromatic N) is 1. The van der Waals surface area contributed by atoms with E-state index in [-0.39, 0.29) is 30.0 Å².